The maximum Gasteiger partial charge on any atom is 0.154 e. The van der Waals surface area contributed by atoms with Crippen molar-refractivity contribution in [3.05, 3.63) is 12.7 Å². The lowest BCUT2D eigenvalue weighted by molar-refractivity contribution is 0.544. The maximum absolute atomic E-state index is 12.0. The van der Waals surface area contributed by atoms with Crippen LogP contribution in [0, 0.1) is 5.92 Å². The molecule has 1 saturated carbocycles. The molecule has 0 aromatic rings. The van der Waals surface area contributed by atoms with Crippen LogP contribution in [0.15, 0.2) is 12.7 Å². The Balaban J connectivity index is 2.38. The molecule has 1 rings (SSSR count). The third kappa shape index (κ3) is 4.26. The van der Waals surface area contributed by atoms with Gasteiger partial charge >= 0.3 is 0 Å². The first-order valence-corrected chi connectivity index (χ1v) is 7.81. The van der Waals surface area contributed by atoms with Crippen LogP contribution < -0.4 is 5.32 Å². The van der Waals surface area contributed by atoms with Crippen molar-refractivity contribution in [3.8, 4) is 0 Å². The predicted octanol–water partition coefficient (Wildman–Crippen LogP) is 1.76. The number of sulfone groups is 1. The molecule has 0 amide bonds. The van der Waals surface area contributed by atoms with Gasteiger partial charge in [-0.1, -0.05) is 18.9 Å². The molecule has 1 unspecified atom stereocenters. The minimum Gasteiger partial charge on any atom is -0.312 e. The smallest absolute Gasteiger partial charge is 0.154 e. The van der Waals surface area contributed by atoms with Gasteiger partial charge in [-0.15, -0.1) is 6.58 Å². The van der Waals surface area contributed by atoms with Gasteiger partial charge in [0.15, 0.2) is 9.84 Å². The molecule has 0 aromatic heterocycles. The molecule has 0 saturated heterocycles. The number of rotatable bonds is 7. The number of nitrogens with one attached hydrogen (secondary N) is 1. The number of hydrogen-bond donors (Lipinski definition) is 1. The minimum atomic E-state index is -2.92. The van der Waals surface area contributed by atoms with Gasteiger partial charge in [0.2, 0.25) is 0 Å². The lowest BCUT2D eigenvalue weighted by atomic mass is 10.1. The highest BCUT2D eigenvalue weighted by Gasteiger charge is 2.26. The summed E-state index contributed by atoms with van der Waals surface area (Å²) in [6.07, 6.45) is 6.32. The van der Waals surface area contributed by atoms with E-state index < -0.39 is 9.84 Å². The SMILES string of the molecule is C=CCNCC(C)S(=O)(=O)CC1CCCC1. The fourth-order valence-corrected chi connectivity index (χ4v) is 3.88. The third-order valence-corrected chi connectivity index (χ3v) is 5.61. The van der Waals surface area contributed by atoms with Gasteiger partial charge in [-0.05, 0) is 25.7 Å². The van der Waals surface area contributed by atoms with E-state index in [4.69, 9.17) is 0 Å². The van der Waals surface area contributed by atoms with E-state index >= 15 is 0 Å². The monoisotopic (exact) mass is 245 g/mol. The summed E-state index contributed by atoms with van der Waals surface area (Å²) >= 11 is 0. The van der Waals surface area contributed by atoms with Crippen molar-refractivity contribution in [2.45, 2.75) is 37.9 Å². The standard InChI is InChI=1S/C12H23NO2S/c1-3-8-13-9-11(2)16(14,15)10-12-6-4-5-7-12/h3,11-13H,1,4-10H2,2H3. The van der Waals surface area contributed by atoms with Crippen LogP contribution in [0.4, 0.5) is 0 Å². The first kappa shape index (κ1) is 13.7. The Bertz CT molecular complexity index is 305. The topological polar surface area (TPSA) is 46.2 Å². The lowest BCUT2D eigenvalue weighted by Gasteiger charge is -2.16. The highest BCUT2D eigenvalue weighted by molar-refractivity contribution is 7.92. The Morgan fingerprint density at radius 1 is 1.44 bits per heavy atom. The Kier molecular flexibility index (Phi) is 5.49. The van der Waals surface area contributed by atoms with E-state index in [2.05, 4.69) is 11.9 Å². The highest BCUT2D eigenvalue weighted by Crippen LogP contribution is 2.26. The fraction of sp³-hybridized carbons (Fsp3) is 0.833. The van der Waals surface area contributed by atoms with Gasteiger partial charge < -0.3 is 5.32 Å². The van der Waals surface area contributed by atoms with E-state index in [1.165, 1.54) is 12.8 Å². The zero-order valence-electron chi connectivity index (χ0n) is 10.1. The average molecular weight is 245 g/mol. The molecule has 0 bridgehead atoms. The summed E-state index contributed by atoms with van der Waals surface area (Å²) < 4.78 is 24.0. The molecule has 1 fully saturated rings. The summed E-state index contributed by atoms with van der Waals surface area (Å²) in [6, 6.07) is 0. The van der Waals surface area contributed by atoms with Crippen LogP contribution in [0.2, 0.25) is 0 Å². The van der Waals surface area contributed by atoms with Gasteiger partial charge in [-0.2, -0.15) is 0 Å². The van der Waals surface area contributed by atoms with Crippen LogP contribution in [-0.2, 0) is 9.84 Å². The quantitative estimate of drug-likeness (QED) is 0.549. The first-order chi connectivity index (χ1) is 7.56. The van der Waals surface area contributed by atoms with Crippen molar-refractivity contribution >= 4 is 9.84 Å². The molecule has 0 spiro atoms. The van der Waals surface area contributed by atoms with Crippen LogP contribution in [0.1, 0.15) is 32.6 Å². The van der Waals surface area contributed by atoms with E-state index in [0.29, 0.717) is 24.8 Å². The molecule has 1 N–H and O–H groups in total. The molecule has 3 nitrogen and oxygen atoms in total. The summed E-state index contributed by atoms with van der Waals surface area (Å²) in [6.45, 7) is 6.58. The largest absolute Gasteiger partial charge is 0.312 e. The molecule has 0 heterocycles. The molecule has 0 aliphatic heterocycles. The second-order valence-electron chi connectivity index (χ2n) is 4.74. The first-order valence-electron chi connectivity index (χ1n) is 6.09. The van der Waals surface area contributed by atoms with E-state index in [1.807, 2.05) is 0 Å². The van der Waals surface area contributed by atoms with Gasteiger partial charge in [0.25, 0.3) is 0 Å². The van der Waals surface area contributed by atoms with Crippen molar-refractivity contribution in [2.75, 3.05) is 18.8 Å². The van der Waals surface area contributed by atoms with Crippen LogP contribution in [0.25, 0.3) is 0 Å². The van der Waals surface area contributed by atoms with Crippen LogP contribution in [0.3, 0.4) is 0 Å². The normalized spacial score (nSPS) is 19.8. The summed E-state index contributed by atoms with van der Waals surface area (Å²) in [5.41, 5.74) is 0. The van der Waals surface area contributed by atoms with E-state index in [9.17, 15) is 8.42 Å². The highest BCUT2D eigenvalue weighted by atomic mass is 32.2. The van der Waals surface area contributed by atoms with E-state index in [0.717, 1.165) is 12.8 Å². The van der Waals surface area contributed by atoms with Crippen LogP contribution in [-0.4, -0.2) is 32.5 Å². The summed E-state index contributed by atoms with van der Waals surface area (Å²) in [5.74, 6) is 0.788. The molecule has 1 aliphatic rings. The molecule has 16 heavy (non-hydrogen) atoms. The van der Waals surface area contributed by atoms with Crippen molar-refractivity contribution in [3.63, 3.8) is 0 Å². The summed E-state index contributed by atoms with van der Waals surface area (Å²) in [4.78, 5) is 0. The third-order valence-electron chi connectivity index (χ3n) is 3.28. The van der Waals surface area contributed by atoms with Crippen molar-refractivity contribution in [1.82, 2.24) is 5.32 Å². The van der Waals surface area contributed by atoms with E-state index in [-0.39, 0.29) is 5.25 Å². The summed E-state index contributed by atoms with van der Waals surface area (Å²) in [7, 11) is -2.92. The second kappa shape index (κ2) is 6.40. The molecular formula is C12H23NO2S. The molecule has 0 radical (unpaired) electrons. The Labute approximate surface area is 99.2 Å². The Hall–Kier alpha value is -0.350. The average Bonchev–Trinajstić information content (AvgIpc) is 2.70. The molecule has 1 atom stereocenters. The van der Waals surface area contributed by atoms with Gasteiger partial charge in [0.1, 0.15) is 0 Å². The predicted molar refractivity (Wildman–Crippen MR) is 68.3 cm³/mol. The van der Waals surface area contributed by atoms with Crippen molar-refractivity contribution in [1.29, 1.82) is 0 Å². The molecule has 0 aromatic carbocycles. The molecular weight excluding hydrogens is 222 g/mol. The van der Waals surface area contributed by atoms with Gasteiger partial charge in [-0.25, -0.2) is 8.42 Å². The van der Waals surface area contributed by atoms with Gasteiger partial charge in [0, 0.05) is 13.1 Å². The Morgan fingerprint density at radius 3 is 2.62 bits per heavy atom. The zero-order valence-corrected chi connectivity index (χ0v) is 10.9. The Morgan fingerprint density at radius 2 is 2.06 bits per heavy atom. The summed E-state index contributed by atoms with van der Waals surface area (Å²) in [5, 5.41) is 2.78. The second-order valence-corrected chi connectivity index (χ2v) is 7.20. The zero-order chi connectivity index (χ0) is 12.0. The number of hydrogen-bond acceptors (Lipinski definition) is 3. The van der Waals surface area contributed by atoms with E-state index in [1.54, 1.807) is 13.0 Å². The van der Waals surface area contributed by atoms with Crippen LogP contribution >= 0.6 is 0 Å². The van der Waals surface area contributed by atoms with Gasteiger partial charge in [-0.3, -0.25) is 0 Å². The van der Waals surface area contributed by atoms with Gasteiger partial charge in [0.05, 0.1) is 11.0 Å². The van der Waals surface area contributed by atoms with Crippen molar-refractivity contribution < 1.29 is 8.42 Å². The minimum absolute atomic E-state index is 0.284. The molecule has 4 heteroatoms. The lowest BCUT2D eigenvalue weighted by Crippen LogP contribution is -2.34. The fourth-order valence-electron chi connectivity index (χ4n) is 2.19. The van der Waals surface area contributed by atoms with Crippen LogP contribution in [0.5, 0.6) is 0 Å². The molecule has 94 valence electrons. The van der Waals surface area contributed by atoms with Crippen molar-refractivity contribution in [2.24, 2.45) is 5.92 Å². The maximum atomic E-state index is 12.0. The molecule has 1 aliphatic carbocycles.